The Morgan fingerprint density at radius 1 is 1.64 bits per heavy atom. The van der Waals surface area contributed by atoms with Crippen LogP contribution in [0.5, 0.6) is 5.75 Å². The molecule has 1 N–H and O–H groups in total. The molecule has 0 bridgehead atoms. The van der Waals surface area contributed by atoms with E-state index in [1.54, 1.807) is 24.3 Å². The number of rotatable bonds is 3. The number of nitrogens with one attached hydrogen (secondary N) is 1. The summed E-state index contributed by atoms with van der Waals surface area (Å²) in [6.07, 6.45) is 0. The molecule has 1 aromatic rings. The van der Waals surface area contributed by atoms with Crippen LogP contribution in [-0.4, -0.2) is 19.6 Å². The van der Waals surface area contributed by atoms with Crippen molar-refractivity contribution in [2.45, 2.75) is 0 Å². The van der Waals surface area contributed by atoms with Gasteiger partial charge in [-0.3, -0.25) is 4.79 Å². The van der Waals surface area contributed by atoms with Crippen molar-refractivity contribution in [1.29, 1.82) is 5.26 Å². The highest BCUT2D eigenvalue weighted by Gasteiger charge is 2.04. The Bertz CT molecular complexity index is 369. The summed E-state index contributed by atoms with van der Waals surface area (Å²) >= 11 is 0. The van der Waals surface area contributed by atoms with Crippen LogP contribution >= 0.6 is 0 Å². The number of carbonyl (C=O) groups excluding carboxylic acids is 1. The van der Waals surface area contributed by atoms with E-state index in [2.05, 4.69) is 5.32 Å². The lowest BCUT2D eigenvalue weighted by atomic mass is 10.2. The van der Waals surface area contributed by atoms with Crippen LogP contribution < -0.4 is 10.1 Å². The first-order valence-corrected chi connectivity index (χ1v) is 4.07. The molecular formula is C10H10N2O2. The van der Waals surface area contributed by atoms with Crippen molar-refractivity contribution in [2.75, 3.05) is 13.7 Å². The zero-order valence-corrected chi connectivity index (χ0v) is 7.78. The highest BCUT2D eigenvalue weighted by Crippen LogP contribution is 2.11. The second-order valence-electron chi connectivity index (χ2n) is 2.57. The summed E-state index contributed by atoms with van der Waals surface area (Å²) in [4.78, 5) is 11.4. The lowest BCUT2D eigenvalue weighted by Crippen LogP contribution is -2.23. The van der Waals surface area contributed by atoms with E-state index in [0.29, 0.717) is 11.3 Å². The molecule has 0 aromatic heterocycles. The van der Waals surface area contributed by atoms with E-state index in [9.17, 15) is 4.79 Å². The minimum atomic E-state index is -0.273. The topological polar surface area (TPSA) is 62.1 Å². The number of hydrogen-bond donors (Lipinski definition) is 1. The number of methoxy groups -OCH3 is 1. The Hall–Kier alpha value is -2.02. The third kappa shape index (κ3) is 2.49. The Morgan fingerprint density at radius 2 is 2.43 bits per heavy atom. The second-order valence-corrected chi connectivity index (χ2v) is 2.57. The molecule has 0 spiro atoms. The molecule has 14 heavy (non-hydrogen) atoms. The molecule has 0 fully saturated rings. The van der Waals surface area contributed by atoms with E-state index in [4.69, 9.17) is 10.00 Å². The molecule has 0 radical (unpaired) electrons. The van der Waals surface area contributed by atoms with Crippen molar-refractivity contribution in [3.05, 3.63) is 29.8 Å². The molecule has 0 aliphatic rings. The number of benzene rings is 1. The molecular weight excluding hydrogens is 180 g/mol. The van der Waals surface area contributed by atoms with Gasteiger partial charge < -0.3 is 10.1 Å². The number of nitrogens with zero attached hydrogens (tertiary/aromatic N) is 1. The average molecular weight is 190 g/mol. The Labute approximate surface area is 82.1 Å². The molecule has 1 rings (SSSR count). The van der Waals surface area contributed by atoms with Crippen molar-refractivity contribution in [3.8, 4) is 11.8 Å². The van der Waals surface area contributed by atoms with Gasteiger partial charge in [0.2, 0.25) is 0 Å². The van der Waals surface area contributed by atoms with Gasteiger partial charge in [-0.15, -0.1) is 0 Å². The van der Waals surface area contributed by atoms with Gasteiger partial charge in [0.15, 0.2) is 0 Å². The average Bonchev–Trinajstić information content (AvgIpc) is 2.26. The predicted molar refractivity (Wildman–Crippen MR) is 50.9 cm³/mol. The summed E-state index contributed by atoms with van der Waals surface area (Å²) < 4.78 is 4.96. The molecule has 0 saturated heterocycles. The summed E-state index contributed by atoms with van der Waals surface area (Å²) in [5, 5.41) is 10.7. The van der Waals surface area contributed by atoms with Crippen molar-refractivity contribution < 1.29 is 9.53 Å². The molecule has 0 heterocycles. The fourth-order valence-corrected chi connectivity index (χ4v) is 0.986. The van der Waals surface area contributed by atoms with E-state index in [0.717, 1.165) is 0 Å². The number of ether oxygens (including phenoxy) is 1. The Balaban J connectivity index is 2.75. The van der Waals surface area contributed by atoms with Crippen molar-refractivity contribution in [2.24, 2.45) is 0 Å². The first kappa shape index (κ1) is 10.1. The summed E-state index contributed by atoms with van der Waals surface area (Å²) in [6, 6.07) is 8.59. The lowest BCUT2D eigenvalue weighted by Gasteiger charge is -2.03. The fourth-order valence-electron chi connectivity index (χ4n) is 0.986. The van der Waals surface area contributed by atoms with Crippen molar-refractivity contribution in [3.63, 3.8) is 0 Å². The van der Waals surface area contributed by atoms with E-state index in [-0.39, 0.29) is 12.5 Å². The number of hydrogen-bond acceptors (Lipinski definition) is 3. The highest BCUT2D eigenvalue weighted by atomic mass is 16.5. The summed E-state index contributed by atoms with van der Waals surface area (Å²) in [6.45, 7) is 0.00996. The van der Waals surface area contributed by atoms with Crippen LogP contribution in [0.25, 0.3) is 0 Å². The third-order valence-corrected chi connectivity index (χ3v) is 1.66. The molecule has 0 saturated carbocycles. The van der Waals surface area contributed by atoms with E-state index in [1.165, 1.54) is 7.11 Å². The molecule has 0 atom stereocenters. The molecule has 4 heteroatoms. The first-order valence-electron chi connectivity index (χ1n) is 4.07. The van der Waals surface area contributed by atoms with E-state index >= 15 is 0 Å². The third-order valence-electron chi connectivity index (χ3n) is 1.66. The van der Waals surface area contributed by atoms with Crippen LogP contribution in [0.2, 0.25) is 0 Å². The normalized spacial score (nSPS) is 8.86. The van der Waals surface area contributed by atoms with Gasteiger partial charge in [-0.25, -0.2) is 0 Å². The zero-order chi connectivity index (χ0) is 10.4. The van der Waals surface area contributed by atoms with Gasteiger partial charge in [0.05, 0.1) is 13.2 Å². The van der Waals surface area contributed by atoms with Gasteiger partial charge in [0, 0.05) is 5.56 Å². The number of amides is 1. The van der Waals surface area contributed by atoms with Crippen LogP contribution in [0.3, 0.4) is 0 Å². The van der Waals surface area contributed by atoms with Crippen molar-refractivity contribution in [1.82, 2.24) is 5.32 Å². The summed E-state index contributed by atoms with van der Waals surface area (Å²) in [5.41, 5.74) is 0.486. The van der Waals surface area contributed by atoms with Crippen LogP contribution in [-0.2, 0) is 0 Å². The maximum Gasteiger partial charge on any atom is 0.252 e. The van der Waals surface area contributed by atoms with Crippen molar-refractivity contribution >= 4 is 5.91 Å². The summed E-state index contributed by atoms with van der Waals surface area (Å²) in [7, 11) is 1.53. The molecule has 1 amide bonds. The summed E-state index contributed by atoms with van der Waals surface area (Å²) in [5.74, 6) is 0.347. The molecule has 1 aromatic carbocycles. The highest BCUT2D eigenvalue weighted by molar-refractivity contribution is 5.94. The van der Waals surface area contributed by atoms with E-state index < -0.39 is 0 Å². The molecule has 0 aliphatic heterocycles. The van der Waals surface area contributed by atoms with Gasteiger partial charge in [-0.2, -0.15) is 5.26 Å². The molecule has 72 valence electrons. The zero-order valence-electron chi connectivity index (χ0n) is 7.78. The van der Waals surface area contributed by atoms with Crippen LogP contribution in [0.4, 0.5) is 0 Å². The van der Waals surface area contributed by atoms with Gasteiger partial charge >= 0.3 is 0 Å². The number of nitriles is 1. The quantitative estimate of drug-likeness (QED) is 0.722. The molecule has 0 aliphatic carbocycles. The monoisotopic (exact) mass is 190 g/mol. The Kier molecular flexibility index (Phi) is 3.50. The number of carbonyl (C=O) groups is 1. The maximum atomic E-state index is 11.4. The SMILES string of the molecule is COc1cccc(C(=O)NCC#N)c1. The predicted octanol–water partition coefficient (Wildman–Crippen LogP) is 0.949. The van der Waals surface area contributed by atoms with Gasteiger partial charge in [0.25, 0.3) is 5.91 Å². The van der Waals surface area contributed by atoms with Gasteiger partial charge in [-0.1, -0.05) is 6.07 Å². The largest absolute Gasteiger partial charge is 0.497 e. The maximum absolute atomic E-state index is 11.4. The lowest BCUT2D eigenvalue weighted by molar-refractivity contribution is 0.0958. The van der Waals surface area contributed by atoms with Gasteiger partial charge in [0.1, 0.15) is 12.3 Å². The standard InChI is InChI=1S/C10H10N2O2/c1-14-9-4-2-3-8(7-9)10(13)12-6-5-11/h2-4,7H,6H2,1H3,(H,12,13). The molecule has 0 unspecified atom stereocenters. The minimum absolute atomic E-state index is 0.00996. The fraction of sp³-hybridized carbons (Fsp3) is 0.200. The van der Waals surface area contributed by atoms with Crippen LogP contribution in [0, 0.1) is 11.3 Å². The van der Waals surface area contributed by atoms with Gasteiger partial charge in [-0.05, 0) is 18.2 Å². The van der Waals surface area contributed by atoms with Crippen LogP contribution in [0.15, 0.2) is 24.3 Å². The smallest absolute Gasteiger partial charge is 0.252 e. The van der Waals surface area contributed by atoms with Crippen LogP contribution in [0.1, 0.15) is 10.4 Å². The van der Waals surface area contributed by atoms with E-state index in [1.807, 2.05) is 6.07 Å². The first-order chi connectivity index (χ1) is 6.77. The Morgan fingerprint density at radius 3 is 3.07 bits per heavy atom. The minimum Gasteiger partial charge on any atom is -0.497 e. The second kappa shape index (κ2) is 4.87. The molecule has 4 nitrogen and oxygen atoms in total.